The van der Waals surface area contributed by atoms with Crippen LogP contribution in [0.15, 0.2) is 6.20 Å². The summed E-state index contributed by atoms with van der Waals surface area (Å²) in [6.07, 6.45) is 7.86. The smallest absolute Gasteiger partial charge is 0.225 e. The molecule has 0 atom stereocenters. The van der Waals surface area contributed by atoms with Crippen molar-refractivity contribution in [2.24, 2.45) is 11.1 Å². The molecule has 0 aliphatic heterocycles. The van der Waals surface area contributed by atoms with Gasteiger partial charge in [0.1, 0.15) is 5.00 Å². The van der Waals surface area contributed by atoms with Crippen molar-refractivity contribution in [2.75, 3.05) is 11.9 Å². The molecule has 94 valence electrons. The Morgan fingerprint density at radius 1 is 1.47 bits per heavy atom. The Kier molecular flexibility index (Phi) is 4.06. The van der Waals surface area contributed by atoms with E-state index in [4.69, 9.17) is 5.73 Å². The first-order chi connectivity index (χ1) is 8.24. The quantitative estimate of drug-likeness (QED) is 0.858. The first kappa shape index (κ1) is 12.4. The van der Waals surface area contributed by atoms with Crippen LogP contribution in [0.2, 0.25) is 0 Å². The molecule has 3 N–H and O–H groups in total. The van der Waals surface area contributed by atoms with Crippen LogP contribution in [0.4, 0.5) is 5.00 Å². The van der Waals surface area contributed by atoms with Crippen molar-refractivity contribution in [1.29, 1.82) is 0 Å². The summed E-state index contributed by atoms with van der Waals surface area (Å²) in [5, 5.41) is 7.22. The van der Waals surface area contributed by atoms with Crippen molar-refractivity contribution in [3.8, 4) is 0 Å². The van der Waals surface area contributed by atoms with Gasteiger partial charge in [-0.3, -0.25) is 4.79 Å². The molecule has 5 nitrogen and oxygen atoms in total. The fourth-order valence-electron chi connectivity index (χ4n) is 2.50. The minimum atomic E-state index is 0.0143. The average Bonchev–Trinajstić information content (AvgIpc) is 2.83. The number of aromatic nitrogens is 2. The van der Waals surface area contributed by atoms with Crippen LogP contribution in [0, 0.1) is 5.41 Å². The van der Waals surface area contributed by atoms with Crippen LogP contribution in [0.3, 0.4) is 0 Å². The minimum Gasteiger partial charge on any atom is -0.330 e. The summed E-state index contributed by atoms with van der Waals surface area (Å²) in [5.74, 6) is 0.0309. The van der Waals surface area contributed by atoms with Gasteiger partial charge in [0.25, 0.3) is 0 Å². The fourth-order valence-corrected chi connectivity index (χ4v) is 2.94. The van der Waals surface area contributed by atoms with Crippen LogP contribution in [0.1, 0.15) is 38.5 Å². The van der Waals surface area contributed by atoms with Crippen LogP contribution in [-0.4, -0.2) is 22.0 Å². The lowest BCUT2D eigenvalue weighted by atomic mass is 9.72. The second-order valence-electron chi connectivity index (χ2n) is 4.77. The third-order valence-corrected chi connectivity index (χ3v) is 4.09. The van der Waals surface area contributed by atoms with E-state index in [1.165, 1.54) is 30.8 Å². The number of hydrogen-bond donors (Lipinski definition) is 2. The van der Waals surface area contributed by atoms with E-state index in [1.807, 2.05) is 0 Å². The largest absolute Gasteiger partial charge is 0.330 e. The van der Waals surface area contributed by atoms with Crippen LogP contribution in [0.5, 0.6) is 0 Å². The first-order valence-electron chi connectivity index (χ1n) is 6.01. The topological polar surface area (TPSA) is 80.9 Å². The van der Waals surface area contributed by atoms with E-state index in [0.29, 0.717) is 18.0 Å². The van der Waals surface area contributed by atoms with Crippen molar-refractivity contribution < 1.29 is 4.79 Å². The molecule has 1 aliphatic rings. The lowest BCUT2D eigenvalue weighted by Gasteiger charge is -2.35. The minimum absolute atomic E-state index is 0.0143. The number of carbonyl (C=O) groups is 1. The van der Waals surface area contributed by atoms with Crippen LogP contribution in [0.25, 0.3) is 0 Å². The summed E-state index contributed by atoms with van der Waals surface area (Å²) >= 11 is 1.20. The molecular formula is C11H18N4OS. The van der Waals surface area contributed by atoms with Crippen molar-refractivity contribution in [3.05, 3.63) is 6.20 Å². The maximum Gasteiger partial charge on any atom is 0.225 e. The lowest BCUT2D eigenvalue weighted by molar-refractivity contribution is -0.118. The summed E-state index contributed by atoms with van der Waals surface area (Å²) in [6, 6.07) is 0. The fraction of sp³-hybridized carbons (Fsp3) is 0.727. The van der Waals surface area contributed by atoms with Gasteiger partial charge in [0.2, 0.25) is 5.91 Å². The molecule has 0 saturated heterocycles. The standard InChI is InChI=1S/C11H18N4OS/c12-8-11(4-2-1-3-5-11)6-9(16)14-10-7-13-15-17-10/h7H,1-6,8,12H2,(H,14,16). The number of amides is 1. The molecule has 0 aromatic carbocycles. The summed E-state index contributed by atoms with van der Waals surface area (Å²) in [6.45, 7) is 0.599. The maximum atomic E-state index is 11.9. The second-order valence-corrected chi connectivity index (χ2v) is 5.56. The van der Waals surface area contributed by atoms with E-state index in [-0.39, 0.29) is 11.3 Å². The van der Waals surface area contributed by atoms with E-state index in [1.54, 1.807) is 6.20 Å². The van der Waals surface area contributed by atoms with Gasteiger partial charge in [-0.1, -0.05) is 23.8 Å². The molecule has 0 radical (unpaired) electrons. The highest BCUT2D eigenvalue weighted by molar-refractivity contribution is 7.10. The predicted molar refractivity (Wildman–Crippen MR) is 67.7 cm³/mol. The molecule has 0 bridgehead atoms. The number of nitrogens with one attached hydrogen (secondary N) is 1. The van der Waals surface area contributed by atoms with E-state index >= 15 is 0 Å². The zero-order valence-corrected chi connectivity index (χ0v) is 10.6. The molecule has 1 saturated carbocycles. The van der Waals surface area contributed by atoms with Crippen molar-refractivity contribution in [1.82, 2.24) is 9.59 Å². The third kappa shape index (κ3) is 3.23. The number of hydrogen-bond acceptors (Lipinski definition) is 5. The normalized spacial score (nSPS) is 18.9. The molecule has 17 heavy (non-hydrogen) atoms. The Bertz CT molecular complexity index is 360. The Morgan fingerprint density at radius 3 is 2.82 bits per heavy atom. The van der Waals surface area contributed by atoms with Gasteiger partial charge in [-0.25, -0.2) is 0 Å². The van der Waals surface area contributed by atoms with Crippen molar-refractivity contribution in [2.45, 2.75) is 38.5 Å². The highest BCUT2D eigenvalue weighted by Gasteiger charge is 2.32. The van der Waals surface area contributed by atoms with Gasteiger partial charge < -0.3 is 11.1 Å². The highest BCUT2D eigenvalue weighted by Crippen LogP contribution is 2.38. The Balaban J connectivity index is 1.91. The van der Waals surface area contributed by atoms with Crippen LogP contribution in [-0.2, 0) is 4.79 Å². The summed E-state index contributed by atoms with van der Waals surface area (Å²) in [4.78, 5) is 11.9. The van der Waals surface area contributed by atoms with E-state index < -0.39 is 0 Å². The number of nitrogens with zero attached hydrogens (tertiary/aromatic N) is 2. The molecule has 1 amide bonds. The van der Waals surface area contributed by atoms with Crippen molar-refractivity contribution in [3.63, 3.8) is 0 Å². The Morgan fingerprint density at radius 2 is 2.24 bits per heavy atom. The van der Waals surface area contributed by atoms with Gasteiger partial charge in [-0.15, -0.1) is 5.10 Å². The second kappa shape index (κ2) is 5.55. The predicted octanol–water partition coefficient (Wildman–Crippen LogP) is 1.78. The molecule has 2 rings (SSSR count). The number of nitrogens with two attached hydrogens (primary N) is 1. The SMILES string of the molecule is NCC1(CC(=O)Nc2cnns2)CCCCC1. The molecule has 1 heterocycles. The molecule has 0 unspecified atom stereocenters. The summed E-state index contributed by atoms with van der Waals surface area (Å²) in [5.41, 5.74) is 5.87. The molecule has 1 aliphatic carbocycles. The number of rotatable bonds is 4. The molecule has 1 aromatic heterocycles. The van der Waals surface area contributed by atoms with Crippen LogP contribution < -0.4 is 11.1 Å². The number of anilines is 1. The van der Waals surface area contributed by atoms with E-state index in [2.05, 4.69) is 14.9 Å². The average molecular weight is 254 g/mol. The zero-order valence-electron chi connectivity index (χ0n) is 9.82. The highest BCUT2D eigenvalue weighted by atomic mass is 32.1. The maximum absolute atomic E-state index is 11.9. The molecular weight excluding hydrogens is 236 g/mol. The monoisotopic (exact) mass is 254 g/mol. The molecule has 0 spiro atoms. The summed E-state index contributed by atoms with van der Waals surface area (Å²) in [7, 11) is 0. The first-order valence-corrected chi connectivity index (χ1v) is 6.79. The van der Waals surface area contributed by atoms with Crippen molar-refractivity contribution >= 4 is 22.4 Å². The van der Waals surface area contributed by atoms with E-state index in [9.17, 15) is 4.79 Å². The van der Waals surface area contributed by atoms with Crippen LogP contribution >= 0.6 is 11.5 Å². The Labute approximate surface area is 105 Å². The zero-order chi connectivity index (χ0) is 12.1. The van der Waals surface area contributed by atoms with Gasteiger partial charge in [0.05, 0.1) is 6.20 Å². The van der Waals surface area contributed by atoms with Gasteiger partial charge in [-0.2, -0.15) is 0 Å². The molecule has 1 fully saturated rings. The molecule has 6 heteroatoms. The third-order valence-electron chi connectivity index (χ3n) is 3.51. The lowest BCUT2D eigenvalue weighted by Crippen LogP contribution is -2.36. The summed E-state index contributed by atoms with van der Waals surface area (Å²) < 4.78 is 3.71. The Hall–Kier alpha value is -1.01. The van der Waals surface area contributed by atoms with Gasteiger partial charge >= 0.3 is 0 Å². The number of carbonyl (C=O) groups excluding carboxylic acids is 1. The molecule has 1 aromatic rings. The van der Waals surface area contributed by atoms with E-state index in [0.717, 1.165) is 12.8 Å². The van der Waals surface area contributed by atoms with Gasteiger partial charge in [0, 0.05) is 18.0 Å². The van der Waals surface area contributed by atoms with Gasteiger partial charge in [0.15, 0.2) is 0 Å². The van der Waals surface area contributed by atoms with Gasteiger partial charge in [-0.05, 0) is 24.8 Å².